The summed E-state index contributed by atoms with van der Waals surface area (Å²) >= 11 is 3.40. The van der Waals surface area contributed by atoms with Gasteiger partial charge in [-0.05, 0) is 24.1 Å². The molecule has 1 heterocycles. The Morgan fingerprint density at radius 3 is 2.83 bits per heavy atom. The van der Waals surface area contributed by atoms with Crippen molar-refractivity contribution in [2.75, 3.05) is 19.8 Å². The molecule has 130 valence electrons. The third-order valence-corrected chi connectivity index (χ3v) is 4.04. The minimum absolute atomic E-state index is 0.168. The molecule has 0 aromatic heterocycles. The van der Waals surface area contributed by atoms with Crippen molar-refractivity contribution in [3.05, 3.63) is 46.6 Å². The maximum Gasteiger partial charge on any atom is 0.319 e. The molecule has 0 unspecified atom stereocenters. The SMILES string of the molecule is C=C1NC(=O)N[C@@H](c2cccc(Br)c2)[C@@H]1C(=O)OCCOCCC. The molecule has 1 fully saturated rings. The van der Waals surface area contributed by atoms with E-state index in [0.29, 0.717) is 18.9 Å². The molecule has 0 radical (unpaired) electrons. The first kappa shape index (κ1) is 18.5. The van der Waals surface area contributed by atoms with E-state index >= 15 is 0 Å². The average Bonchev–Trinajstić information content (AvgIpc) is 2.53. The molecule has 0 spiro atoms. The van der Waals surface area contributed by atoms with Crippen molar-refractivity contribution in [3.8, 4) is 0 Å². The Morgan fingerprint density at radius 2 is 2.12 bits per heavy atom. The van der Waals surface area contributed by atoms with Crippen molar-refractivity contribution in [2.45, 2.75) is 19.4 Å². The molecular formula is C17H21BrN2O4. The quantitative estimate of drug-likeness (QED) is 0.548. The zero-order valence-electron chi connectivity index (χ0n) is 13.5. The van der Waals surface area contributed by atoms with Gasteiger partial charge in [0.15, 0.2) is 0 Å². The van der Waals surface area contributed by atoms with E-state index in [1.165, 1.54) is 0 Å². The third kappa shape index (κ3) is 4.82. The lowest BCUT2D eigenvalue weighted by molar-refractivity contribution is -0.150. The Balaban J connectivity index is 2.09. The van der Waals surface area contributed by atoms with E-state index in [-0.39, 0.29) is 12.6 Å². The maximum atomic E-state index is 12.5. The first-order valence-electron chi connectivity index (χ1n) is 7.79. The fourth-order valence-electron chi connectivity index (χ4n) is 2.48. The molecule has 1 saturated heterocycles. The first-order chi connectivity index (χ1) is 11.5. The number of urea groups is 1. The number of carbonyl (C=O) groups excluding carboxylic acids is 2. The van der Waals surface area contributed by atoms with Crippen molar-refractivity contribution in [3.63, 3.8) is 0 Å². The van der Waals surface area contributed by atoms with Crippen LogP contribution in [-0.2, 0) is 14.3 Å². The summed E-state index contributed by atoms with van der Waals surface area (Å²) in [6, 6.07) is 6.50. The molecule has 6 nitrogen and oxygen atoms in total. The lowest BCUT2D eigenvalue weighted by Crippen LogP contribution is -2.51. The Hall–Kier alpha value is -1.86. The molecule has 0 aliphatic carbocycles. The van der Waals surface area contributed by atoms with Crippen LogP contribution in [-0.4, -0.2) is 31.8 Å². The summed E-state index contributed by atoms with van der Waals surface area (Å²) < 4.78 is 11.4. The van der Waals surface area contributed by atoms with E-state index in [1.807, 2.05) is 31.2 Å². The van der Waals surface area contributed by atoms with Crippen molar-refractivity contribution in [1.82, 2.24) is 10.6 Å². The molecule has 2 rings (SSSR count). The van der Waals surface area contributed by atoms with Gasteiger partial charge in [-0.2, -0.15) is 0 Å². The second kappa shape index (κ2) is 8.84. The topological polar surface area (TPSA) is 76.7 Å². The summed E-state index contributed by atoms with van der Waals surface area (Å²) in [6.07, 6.45) is 0.911. The summed E-state index contributed by atoms with van der Waals surface area (Å²) in [5.41, 5.74) is 1.12. The average molecular weight is 397 g/mol. The van der Waals surface area contributed by atoms with Crippen LogP contribution in [0, 0.1) is 5.92 Å². The Labute approximate surface area is 149 Å². The number of amides is 2. The molecule has 1 aliphatic heterocycles. The van der Waals surface area contributed by atoms with Gasteiger partial charge in [-0.3, -0.25) is 4.79 Å². The molecule has 0 bridgehead atoms. The van der Waals surface area contributed by atoms with Gasteiger partial charge < -0.3 is 20.1 Å². The highest BCUT2D eigenvalue weighted by molar-refractivity contribution is 9.10. The Morgan fingerprint density at radius 1 is 1.33 bits per heavy atom. The molecule has 7 heteroatoms. The van der Waals surface area contributed by atoms with Crippen molar-refractivity contribution >= 4 is 27.9 Å². The molecule has 1 aromatic carbocycles. The van der Waals surface area contributed by atoms with Crippen LogP contribution in [0.25, 0.3) is 0 Å². The van der Waals surface area contributed by atoms with E-state index < -0.39 is 17.9 Å². The molecule has 2 amide bonds. The minimum atomic E-state index is -0.705. The standard InChI is InChI=1S/C17H21BrN2O4/c1-3-7-23-8-9-24-16(21)14-11(2)19-17(22)20-15(14)12-5-4-6-13(18)10-12/h4-6,10,14-15H,2-3,7-9H2,1H3,(H2,19,20,22)/t14-,15+/m1/s1. The van der Waals surface area contributed by atoms with Crippen LogP contribution in [0.2, 0.25) is 0 Å². The van der Waals surface area contributed by atoms with Gasteiger partial charge in [0.25, 0.3) is 0 Å². The zero-order valence-corrected chi connectivity index (χ0v) is 15.1. The highest BCUT2D eigenvalue weighted by atomic mass is 79.9. The van der Waals surface area contributed by atoms with Crippen LogP contribution in [0.15, 0.2) is 41.0 Å². The Bertz CT molecular complexity index is 620. The first-order valence-corrected chi connectivity index (χ1v) is 8.58. The zero-order chi connectivity index (χ0) is 17.5. The van der Waals surface area contributed by atoms with E-state index in [1.54, 1.807) is 0 Å². The van der Waals surface area contributed by atoms with Gasteiger partial charge in [0.1, 0.15) is 12.5 Å². The van der Waals surface area contributed by atoms with Gasteiger partial charge in [-0.15, -0.1) is 0 Å². The number of hydrogen-bond donors (Lipinski definition) is 2. The number of halogens is 1. The van der Waals surface area contributed by atoms with Crippen molar-refractivity contribution < 1.29 is 19.1 Å². The summed E-state index contributed by atoms with van der Waals surface area (Å²) in [5, 5.41) is 5.32. The van der Waals surface area contributed by atoms with Gasteiger partial charge in [-0.1, -0.05) is 41.6 Å². The highest BCUT2D eigenvalue weighted by Crippen LogP contribution is 2.31. The molecule has 2 N–H and O–H groups in total. The number of esters is 1. The lowest BCUT2D eigenvalue weighted by atomic mass is 9.89. The number of hydrogen-bond acceptors (Lipinski definition) is 4. The number of benzene rings is 1. The fourth-order valence-corrected chi connectivity index (χ4v) is 2.89. The van der Waals surface area contributed by atoms with Crippen LogP contribution in [0.1, 0.15) is 24.9 Å². The summed E-state index contributed by atoms with van der Waals surface area (Å²) in [4.78, 5) is 24.3. The van der Waals surface area contributed by atoms with Gasteiger partial charge in [0.05, 0.1) is 12.6 Å². The van der Waals surface area contributed by atoms with E-state index in [4.69, 9.17) is 9.47 Å². The van der Waals surface area contributed by atoms with E-state index in [9.17, 15) is 9.59 Å². The van der Waals surface area contributed by atoms with Crippen LogP contribution < -0.4 is 10.6 Å². The summed E-state index contributed by atoms with van der Waals surface area (Å²) in [5.74, 6) is -1.15. The molecule has 1 aromatic rings. The monoisotopic (exact) mass is 396 g/mol. The number of nitrogens with one attached hydrogen (secondary N) is 2. The lowest BCUT2D eigenvalue weighted by Gasteiger charge is -2.33. The van der Waals surface area contributed by atoms with E-state index in [0.717, 1.165) is 16.5 Å². The van der Waals surface area contributed by atoms with Gasteiger partial charge in [0.2, 0.25) is 0 Å². The predicted molar refractivity (Wildman–Crippen MR) is 93.2 cm³/mol. The molecule has 0 saturated carbocycles. The van der Waals surface area contributed by atoms with Crippen LogP contribution >= 0.6 is 15.9 Å². The van der Waals surface area contributed by atoms with Crippen LogP contribution in [0.4, 0.5) is 4.79 Å². The Kier molecular flexibility index (Phi) is 6.81. The van der Waals surface area contributed by atoms with Crippen LogP contribution in [0.5, 0.6) is 0 Å². The minimum Gasteiger partial charge on any atom is -0.463 e. The normalized spacial score (nSPS) is 20.2. The smallest absolute Gasteiger partial charge is 0.319 e. The largest absolute Gasteiger partial charge is 0.463 e. The third-order valence-electron chi connectivity index (χ3n) is 3.55. The fraction of sp³-hybridized carbons (Fsp3) is 0.412. The molecule has 2 atom stereocenters. The highest BCUT2D eigenvalue weighted by Gasteiger charge is 2.38. The maximum absolute atomic E-state index is 12.5. The van der Waals surface area contributed by atoms with Gasteiger partial charge in [-0.25, -0.2) is 4.79 Å². The van der Waals surface area contributed by atoms with Gasteiger partial charge >= 0.3 is 12.0 Å². The predicted octanol–water partition coefficient (Wildman–Crippen LogP) is 2.90. The van der Waals surface area contributed by atoms with E-state index in [2.05, 4.69) is 33.1 Å². The molecule has 24 heavy (non-hydrogen) atoms. The number of carbonyl (C=O) groups is 2. The summed E-state index contributed by atoms with van der Waals surface area (Å²) in [7, 11) is 0. The van der Waals surface area contributed by atoms with Gasteiger partial charge in [0, 0.05) is 16.8 Å². The van der Waals surface area contributed by atoms with Crippen molar-refractivity contribution in [2.24, 2.45) is 5.92 Å². The second-order valence-corrected chi connectivity index (χ2v) is 6.33. The molecule has 1 aliphatic rings. The second-order valence-electron chi connectivity index (χ2n) is 5.41. The molecular weight excluding hydrogens is 376 g/mol. The summed E-state index contributed by atoms with van der Waals surface area (Å²) in [6.45, 7) is 6.96. The number of ether oxygens (including phenoxy) is 2. The van der Waals surface area contributed by atoms with Crippen molar-refractivity contribution in [1.29, 1.82) is 0 Å². The number of rotatable bonds is 7. The van der Waals surface area contributed by atoms with Crippen LogP contribution in [0.3, 0.4) is 0 Å².